The molecule has 0 saturated carbocycles. The van der Waals surface area contributed by atoms with Crippen LogP contribution in [0.4, 0.5) is 4.39 Å². The van der Waals surface area contributed by atoms with Crippen LogP contribution in [-0.4, -0.2) is 8.07 Å². The van der Waals surface area contributed by atoms with Crippen LogP contribution in [0.15, 0.2) is 102 Å². The van der Waals surface area contributed by atoms with Crippen LogP contribution >= 0.6 is 0 Å². The van der Waals surface area contributed by atoms with Crippen LogP contribution in [0.1, 0.15) is 5.56 Å². The molecule has 0 atom stereocenters. The fourth-order valence-electron chi connectivity index (χ4n) is 5.41. The van der Waals surface area contributed by atoms with E-state index in [2.05, 4.69) is 79.7 Å². The first-order chi connectivity index (χ1) is 18.2. The van der Waals surface area contributed by atoms with Crippen LogP contribution in [0.5, 0.6) is 0 Å². The van der Waals surface area contributed by atoms with Gasteiger partial charge in [-0.05, 0) is 46.5 Å². The van der Waals surface area contributed by atoms with Crippen LogP contribution in [0.3, 0.4) is 0 Å². The fraction of sp³-hybridized carbons (Fsp3) is 0.147. The number of benzene rings is 4. The molecule has 4 aromatic carbocycles. The number of furan rings is 1. The number of nitrogens with zero attached hydrogens (tertiary/aromatic N) is 1. The van der Waals surface area contributed by atoms with Crippen molar-refractivity contribution in [3.05, 3.63) is 109 Å². The first-order valence-electron chi connectivity index (χ1n) is 13.0. The van der Waals surface area contributed by atoms with E-state index < -0.39 is 8.07 Å². The minimum Gasteiger partial charge on any atom is -0.454 e. The molecule has 6 aromatic rings. The van der Waals surface area contributed by atoms with Crippen molar-refractivity contribution >= 4 is 35.2 Å². The quantitative estimate of drug-likeness (QED) is 0.170. The predicted molar refractivity (Wildman–Crippen MR) is 159 cm³/mol. The minimum atomic E-state index is -2.00. The van der Waals surface area contributed by atoms with Crippen LogP contribution in [0.2, 0.25) is 19.6 Å². The Hall–Kier alpha value is -4.02. The normalized spacial score (nSPS) is 11.9. The van der Waals surface area contributed by atoms with E-state index in [0.717, 1.165) is 55.1 Å². The van der Waals surface area contributed by atoms with E-state index in [-0.39, 0.29) is 5.82 Å². The van der Waals surface area contributed by atoms with Gasteiger partial charge in [0.25, 0.3) is 0 Å². The Morgan fingerprint density at radius 1 is 0.684 bits per heavy atom. The molecule has 2 heterocycles. The summed E-state index contributed by atoms with van der Waals surface area (Å²) >= 11 is 0. The molecular formula is C34H31FNOSi+. The van der Waals surface area contributed by atoms with Crippen molar-refractivity contribution in [1.82, 2.24) is 0 Å². The van der Waals surface area contributed by atoms with Gasteiger partial charge in [-0.3, -0.25) is 0 Å². The van der Waals surface area contributed by atoms with Crippen molar-refractivity contribution in [2.75, 3.05) is 0 Å². The maximum absolute atomic E-state index is 16.5. The van der Waals surface area contributed by atoms with Gasteiger partial charge in [-0.1, -0.05) is 86.4 Å². The third kappa shape index (κ3) is 3.96. The highest BCUT2D eigenvalue weighted by Crippen LogP contribution is 2.42. The monoisotopic (exact) mass is 516 g/mol. The molecule has 0 N–H and O–H groups in total. The summed E-state index contributed by atoms with van der Waals surface area (Å²) in [6, 6.07) is 30.9. The van der Waals surface area contributed by atoms with Gasteiger partial charge in [-0.15, -0.1) is 0 Å². The van der Waals surface area contributed by atoms with Gasteiger partial charge in [0.05, 0.1) is 19.2 Å². The van der Waals surface area contributed by atoms with E-state index in [0.29, 0.717) is 11.1 Å². The molecule has 38 heavy (non-hydrogen) atoms. The third-order valence-electron chi connectivity index (χ3n) is 7.48. The molecule has 0 aliphatic rings. The molecule has 0 aliphatic carbocycles. The number of aromatic nitrogens is 1. The van der Waals surface area contributed by atoms with Crippen molar-refractivity contribution in [1.29, 1.82) is 0 Å². The van der Waals surface area contributed by atoms with Gasteiger partial charge in [-0.2, -0.15) is 0 Å². The van der Waals surface area contributed by atoms with Crippen LogP contribution < -0.4 is 9.75 Å². The molecule has 188 valence electrons. The lowest BCUT2D eigenvalue weighted by atomic mass is 9.97. The molecule has 4 heteroatoms. The molecular weight excluding hydrogens is 485 g/mol. The van der Waals surface area contributed by atoms with Gasteiger partial charge in [0.2, 0.25) is 5.69 Å². The number of fused-ring (bicyclic) bond motifs is 3. The summed E-state index contributed by atoms with van der Waals surface area (Å²) in [5.41, 5.74) is 8.26. The summed E-state index contributed by atoms with van der Waals surface area (Å²) in [5.74, 6) is -0.160. The average Bonchev–Trinajstić information content (AvgIpc) is 3.27. The molecule has 0 radical (unpaired) electrons. The second-order valence-electron chi connectivity index (χ2n) is 11.1. The highest BCUT2D eigenvalue weighted by molar-refractivity contribution is 6.89. The fourth-order valence-corrected chi connectivity index (χ4v) is 6.78. The molecule has 2 nitrogen and oxygen atoms in total. The van der Waals surface area contributed by atoms with E-state index in [1.54, 1.807) is 0 Å². The highest BCUT2D eigenvalue weighted by atomic mass is 28.3. The summed E-state index contributed by atoms with van der Waals surface area (Å²) < 4.78 is 25.3. The van der Waals surface area contributed by atoms with Crippen LogP contribution in [0.25, 0.3) is 55.4 Å². The molecule has 0 bridgehead atoms. The largest absolute Gasteiger partial charge is 0.454 e. The Morgan fingerprint density at radius 3 is 2.00 bits per heavy atom. The Balaban J connectivity index is 1.67. The molecule has 0 fully saturated rings. The zero-order valence-electron chi connectivity index (χ0n) is 22.5. The second kappa shape index (κ2) is 9.07. The second-order valence-corrected chi connectivity index (χ2v) is 16.2. The maximum Gasteiger partial charge on any atom is 0.216 e. The lowest BCUT2D eigenvalue weighted by Gasteiger charge is -2.20. The number of halogens is 1. The van der Waals surface area contributed by atoms with Gasteiger partial charge >= 0.3 is 0 Å². The highest BCUT2D eigenvalue weighted by Gasteiger charge is 2.29. The first-order valence-corrected chi connectivity index (χ1v) is 16.5. The van der Waals surface area contributed by atoms with Crippen molar-refractivity contribution in [3.8, 4) is 33.5 Å². The summed E-state index contributed by atoms with van der Waals surface area (Å²) in [6.07, 6.45) is 2.04. The number of aryl methyl sites for hydroxylation is 2. The maximum atomic E-state index is 16.5. The van der Waals surface area contributed by atoms with E-state index in [4.69, 9.17) is 4.42 Å². The Morgan fingerprint density at radius 2 is 1.32 bits per heavy atom. The lowest BCUT2D eigenvalue weighted by Crippen LogP contribution is -2.40. The van der Waals surface area contributed by atoms with Crippen molar-refractivity contribution in [2.24, 2.45) is 7.05 Å². The van der Waals surface area contributed by atoms with Crippen molar-refractivity contribution in [2.45, 2.75) is 26.6 Å². The number of pyridine rings is 1. The van der Waals surface area contributed by atoms with E-state index in [1.165, 1.54) is 0 Å². The molecule has 0 unspecified atom stereocenters. The topological polar surface area (TPSA) is 17.0 Å². The average molecular weight is 517 g/mol. The first kappa shape index (κ1) is 24.3. The molecule has 0 aliphatic heterocycles. The molecule has 0 saturated heterocycles. The Kier molecular flexibility index (Phi) is 5.80. The molecule has 0 amide bonds. The van der Waals surface area contributed by atoms with Gasteiger partial charge in [-0.25, -0.2) is 8.96 Å². The van der Waals surface area contributed by atoms with E-state index in [9.17, 15) is 0 Å². The summed E-state index contributed by atoms with van der Waals surface area (Å²) in [5, 5.41) is 2.81. The third-order valence-corrected chi connectivity index (χ3v) is 9.46. The predicted octanol–water partition coefficient (Wildman–Crippen LogP) is 8.40. The lowest BCUT2D eigenvalue weighted by molar-refractivity contribution is -0.660. The SMILES string of the molecule is Cc1ccc2c(oc3c(-c4ccc(-c5ccccc5)cc4)c(F)c([Si](C)(C)C)cc32)c1-c1cccc[n+]1C. The number of rotatable bonds is 4. The van der Waals surface area contributed by atoms with Gasteiger partial charge in [0.1, 0.15) is 24.0 Å². The number of hydrogen-bond donors (Lipinski definition) is 0. The minimum absolute atomic E-state index is 0.160. The van der Waals surface area contributed by atoms with E-state index in [1.807, 2.05) is 55.7 Å². The Labute approximate surface area is 224 Å². The van der Waals surface area contributed by atoms with Crippen LogP contribution in [0, 0.1) is 12.7 Å². The molecule has 0 spiro atoms. The van der Waals surface area contributed by atoms with E-state index >= 15 is 4.39 Å². The summed E-state index contributed by atoms with van der Waals surface area (Å²) in [6.45, 7) is 8.69. The zero-order chi connectivity index (χ0) is 26.6. The zero-order valence-corrected chi connectivity index (χ0v) is 23.5. The van der Waals surface area contributed by atoms with Crippen molar-refractivity contribution in [3.63, 3.8) is 0 Å². The van der Waals surface area contributed by atoms with Crippen LogP contribution in [-0.2, 0) is 7.05 Å². The van der Waals surface area contributed by atoms with Gasteiger partial charge < -0.3 is 4.42 Å². The smallest absolute Gasteiger partial charge is 0.216 e. The van der Waals surface area contributed by atoms with Crippen molar-refractivity contribution < 1.29 is 13.4 Å². The molecule has 6 rings (SSSR count). The summed E-state index contributed by atoms with van der Waals surface area (Å²) in [7, 11) is 0.0388. The standard InChI is InChI=1S/C34H31FNOSi/c1-22-14-19-26-27-21-29(38(3,4)5)32(35)31(25-17-15-24(16-18-25)23-11-7-6-8-12-23)34(27)37-33(26)30(22)28-13-9-10-20-36(28)2/h6-21H,1-5H3/q+1. The number of hydrogen-bond acceptors (Lipinski definition) is 1. The molecule has 2 aromatic heterocycles. The summed E-state index contributed by atoms with van der Waals surface area (Å²) in [4.78, 5) is 0. The van der Waals surface area contributed by atoms with Gasteiger partial charge in [0, 0.05) is 22.9 Å². The Bertz CT molecular complexity index is 1810. The van der Waals surface area contributed by atoms with Gasteiger partial charge in [0.15, 0.2) is 6.20 Å².